The summed E-state index contributed by atoms with van der Waals surface area (Å²) in [5.41, 5.74) is 0.0583. The Hall–Kier alpha value is -3.68. The predicted octanol–water partition coefficient (Wildman–Crippen LogP) is 2.92. The number of phenols is 1. The van der Waals surface area contributed by atoms with Crippen molar-refractivity contribution in [2.75, 3.05) is 21.3 Å². The van der Waals surface area contributed by atoms with E-state index in [2.05, 4.69) is 0 Å². The first-order valence-corrected chi connectivity index (χ1v) is 8.67. The molecule has 1 atom stereocenters. The van der Waals surface area contributed by atoms with Gasteiger partial charge < -0.3 is 28.8 Å². The number of phenolic OH excluding ortho intramolecular Hbond substituents is 1. The molecule has 0 aliphatic carbocycles. The normalized spacial score (nSPS) is 11.8. The molecule has 0 aliphatic heterocycles. The van der Waals surface area contributed by atoms with Crippen LogP contribution in [0, 0.1) is 0 Å². The smallest absolute Gasteiger partial charge is 0.306 e. The van der Waals surface area contributed by atoms with E-state index in [9.17, 15) is 19.8 Å². The molecule has 0 radical (unpaired) electrons. The van der Waals surface area contributed by atoms with Crippen molar-refractivity contribution in [2.45, 2.75) is 12.3 Å². The Morgan fingerprint density at radius 1 is 1.03 bits per heavy atom. The summed E-state index contributed by atoms with van der Waals surface area (Å²) in [4.78, 5) is 24.7. The molecule has 8 nitrogen and oxygen atoms in total. The fourth-order valence-corrected chi connectivity index (χ4v) is 3.11. The number of hydrogen-bond acceptors (Lipinski definition) is 8. The van der Waals surface area contributed by atoms with Gasteiger partial charge >= 0.3 is 5.97 Å². The number of carbonyl (C=O) groups excluding carboxylic acids is 1. The van der Waals surface area contributed by atoms with Gasteiger partial charge in [0.1, 0.15) is 5.58 Å². The van der Waals surface area contributed by atoms with Crippen LogP contribution in [0.15, 0.2) is 45.6 Å². The number of hydrogen-bond donors (Lipinski definition) is 2. The monoisotopic (exact) mass is 400 g/mol. The summed E-state index contributed by atoms with van der Waals surface area (Å²) < 4.78 is 20.9. The second-order valence-corrected chi connectivity index (χ2v) is 6.25. The van der Waals surface area contributed by atoms with Gasteiger partial charge in [-0.15, -0.1) is 0 Å². The van der Waals surface area contributed by atoms with E-state index in [1.165, 1.54) is 39.5 Å². The van der Waals surface area contributed by atoms with E-state index < -0.39 is 23.1 Å². The molecule has 1 heterocycles. The molecule has 29 heavy (non-hydrogen) atoms. The van der Waals surface area contributed by atoms with Gasteiger partial charge in [-0.2, -0.15) is 0 Å². The maximum Gasteiger partial charge on any atom is 0.306 e. The van der Waals surface area contributed by atoms with Gasteiger partial charge in [0, 0.05) is 0 Å². The van der Waals surface area contributed by atoms with E-state index in [-0.39, 0.29) is 40.4 Å². The summed E-state index contributed by atoms with van der Waals surface area (Å²) in [7, 11) is 3.95. The molecule has 0 aliphatic rings. The molecule has 0 amide bonds. The fraction of sp³-hybridized carbons (Fsp3) is 0.238. The second-order valence-electron chi connectivity index (χ2n) is 6.25. The van der Waals surface area contributed by atoms with Gasteiger partial charge in [0.15, 0.2) is 17.3 Å². The van der Waals surface area contributed by atoms with E-state index in [1.54, 1.807) is 18.2 Å². The van der Waals surface area contributed by atoms with Gasteiger partial charge in [0.25, 0.3) is 0 Å². The number of fused-ring (bicyclic) bond motifs is 1. The molecule has 152 valence electrons. The fourth-order valence-electron chi connectivity index (χ4n) is 3.11. The van der Waals surface area contributed by atoms with E-state index in [4.69, 9.17) is 18.6 Å². The number of carbonyl (C=O) groups is 1. The van der Waals surface area contributed by atoms with Crippen LogP contribution in [-0.2, 0) is 9.53 Å². The lowest BCUT2D eigenvalue weighted by Crippen LogP contribution is -2.14. The van der Waals surface area contributed by atoms with Gasteiger partial charge in [-0.05, 0) is 29.8 Å². The van der Waals surface area contributed by atoms with Crippen molar-refractivity contribution in [3.63, 3.8) is 0 Å². The zero-order valence-corrected chi connectivity index (χ0v) is 16.1. The second kappa shape index (κ2) is 8.14. The maximum atomic E-state index is 12.6. The van der Waals surface area contributed by atoms with Gasteiger partial charge in [0.2, 0.25) is 16.9 Å². The van der Waals surface area contributed by atoms with Crippen LogP contribution in [0.1, 0.15) is 23.7 Å². The molecule has 2 N–H and O–H groups in total. The minimum Gasteiger partial charge on any atom is -0.502 e. The van der Waals surface area contributed by atoms with E-state index in [0.29, 0.717) is 5.56 Å². The van der Waals surface area contributed by atoms with E-state index >= 15 is 0 Å². The van der Waals surface area contributed by atoms with Crippen LogP contribution in [0.2, 0.25) is 0 Å². The van der Waals surface area contributed by atoms with Gasteiger partial charge in [0.05, 0.1) is 39.1 Å². The van der Waals surface area contributed by atoms with E-state index in [0.717, 1.165) is 0 Å². The van der Waals surface area contributed by atoms with Crippen molar-refractivity contribution in [1.29, 1.82) is 0 Å². The molecular formula is C21H20O8. The third kappa shape index (κ3) is 3.69. The minimum atomic E-state index is -0.900. The van der Waals surface area contributed by atoms with Crippen LogP contribution >= 0.6 is 0 Å². The van der Waals surface area contributed by atoms with Crippen molar-refractivity contribution < 1.29 is 33.6 Å². The topological polar surface area (TPSA) is 115 Å². The van der Waals surface area contributed by atoms with Crippen molar-refractivity contribution in [1.82, 2.24) is 0 Å². The number of methoxy groups -OCH3 is 3. The molecule has 0 fully saturated rings. The highest BCUT2D eigenvalue weighted by Gasteiger charge is 2.29. The summed E-state index contributed by atoms with van der Waals surface area (Å²) in [5.74, 6) is -2.23. The Bertz CT molecular complexity index is 1090. The lowest BCUT2D eigenvalue weighted by atomic mass is 9.91. The number of ether oxygens (including phenoxy) is 3. The first-order chi connectivity index (χ1) is 13.9. The predicted molar refractivity (Wildman–Crippen MR) is 104 cm³/mol. The molecule has 0 saturated heterocycles. The Balaban J connectivity index is 2.27. The van der Waals surface area contributed by atoms with Crippen LogP contribution < -0.4 is 14.9 Å². The third-order valence-corrected chi connectivity index (χ3v) is 4.62. The van der Waals surface area contributed by atoms with E-state index in [1.807, 2.05) is 0 Å². The average Bonchev–Trinajstić information content (AvgIpc) is 2.74. The highest BCUT2D eigenvalue weighted by atomic mass is 16.5. The van der Waals surface area contributed by atoms with Gasteiger partial charge in [-0.25, -0.2) is 0 Å². The lowest BCUT2D eigenvalue weighted by molar-refractivity contribution is -0.140. The van der Waals surface area contributed by atoms with Crippen molar-refractivity contribution in [3.05, 3.63) is 57.9 Å². The first kappa shape index (κ1) is 20.1. The summed E-state index contributed by atoms with van der Waals surface area (Å²) in [6.45, 7) is 0. The molecule has 3 rings (SSSR count). The zero-order chi connectivity index (χ0) is 21.1. The summed E-state index contributed by atoms with van der Waals surface area (Å²) in [6.07, 6.45) is -0.234. The van der Waals surface area contributed by atoms with Crippen LogP contribution in [0.3, 0.4) is 0 Å². The Morgan fingerprint density at radius 2 is 1.66 bits per heavy atom. The van der Waals surface area contributed by atoms with Crippen LogP contribution in [-0.4, -0.2) is 37.5 Å². The SMILES string of the molecule is COC(=O)C[C@@H](c1cc(OC)c(O)c(OC)c1)c1oc2ccccc2c(=O)c1O. The Labute approximate surface area is 165 Å². The molecular weight excluding hydrogens is 380 g/mol. The van der Waals surface area contributed by atoms with Crippen LogP contribution in [0.5, 0.6) is 23.0 Å². The van der Waals surface area contributed by atoms with Crippen LogP contribution in [0.4, 0.5) is 0 Å². The summed E-state index contributed by atoms with van der Waals surface area (Å²) >= 11 is 0. The highest BCUT2D eigenvalue weighted by molar-refractivity contribution is 5.78. The minimum absolute atomic E-state index is 0.0943. The third-order valence-electron chi connectivity index (χ3n) is 4.62. The molecule has 0 spiro atoms. The first-order valence-electron chi connectivity index (χ1n) is 8.67. The average molecular weight is 400 g/mol. The number of benzene rings is 2. The molecule has 3 aromatic rings. The number of aromatic hydroxyl groups is 2. The zero-order valence-electron chi connectivity index (χ0n) is 16.1. The maximum absolute atomic E-state index is 12.6. The van der Waals surface area contributed by atoms with Gasteiger partial charge in [-0.3, -0.25) is 9.59 Å². The lowest BCUT2D eigenvalue weighted by Gasteiger charge is -2.19. The van der Waals surface area contributed by atoms with Gasteiger partial charge in [-0.1, -0.05) is 12.1 Å². The number of para-hydroxylation sites is 1. The molecule has 0 bridgehead atoms. The molecule has 0 saturated carbocycles. The molecule has 8 heteroatoms. The molecule has 0 unspecified atom stereocenters. The highest BCUT2D eigenvalue weighted by Crippen LogP contribution is 2.43. The number of rotatable bonds is 6. The standard InChI is InChI=1S/C21H20O8/c1-26-15-8-11(9-16(27-2)19(15)24)13(10-17(22)28-3)21-20(25)18(23)12-6-4-5-7-14(12)29-21/h4-9,13,24-25H,10H2,1-3H3/t13-/m0/s1. The van der Waals surface area contributed by atoms with Crippen molar-refractivity contribution >= 4 is 16.9 Å². The summed E-state index contributed by atoms with van der Waals surface area (Å²) in [6, 6.07) is 9.41. The molecule has 1 aromatic heterocycles. The number of esters is 1. The Morgan fingerprint density at radius 3 is 2.24 bits per heavy atom. The quantitative estimate of drug-likeness (QED) is 0.607. The van der Waals surface area contributed by atoms with Crippen molar-refractivity contribution in [3.8, 4) is 23.0 Å². The largest absolute Gasteiger partial charge is 0.502 e. The van der Waals surface area contributed by atoms with Crippen molar-refractivity contribution in [2.24, 2.45) is 0 Å². The van der Waals surface area contributed by atoms with Crippen LogP contribution in [0.25, 0.3) is 11.0 Å². The molecule has 2 aromatic carbocycles. The summed E-state index contributed by atoms with van der Waals surface area (Å²) in [5, 5.41) is 20.9. The Kier molecular flexibility index (Phi) is 5.63.